The third-order valence-electron chi connectivity index (χ3n) is 2.57. The van der Waals surface area contributed by atoms with Gasteiger partial charge in [0.2, 0.25) is 0 Å². The van der Waals surface area contributed by atoms with Crippen molar-refractivity contribution >= 4 is 11.6 Å². The van der Waals surface area contributed by atoms with Crippen LogP contribution in [0.4, 0.5) is 4.39 Å². The Morgan fingerprint density at radius 2 is 2.41 bits per heavy atom. The molecule has 17 heavy (non-hydrogen) atoms. The van der Waals surface area contributed by atoms with Crippen LogP contribution in [0.2, 0.25) is 5.02 Å². The molecule has 3 nitrogen and oxygen atoms in total. The summed E-state index contributed by atoms with van der Waals surface area (Å²) in [6.45, 7) is 3.02. The number of hydrogen-bond donors (Lipinski definition) is 1. The molecule has 0 bridgehead atoms. The molecule has 1 N–H and O–H groups in total. The van der Waals surface area contributed by atoms with Crippen molar-refractivity contribution in [3.8, 4) is 0 Å². The first kappa shape index (κ1) is 12.8. The molecule has 2 rings (SSSR count). The summed E-state index contributed by atoms with van der Waals surface area (Å²) in [6, 6.07) is 4.45. The Morgan fingerprint density at radius 3 is 3.18 bits per heavy atom. The highest BCUT2D eigenvalue weighted by atomic mass is 35.5. The van der Waals surface area contributed by atoms with Gasteiger partial charge in [0.25, 0.3) is 0 Å². The SMILES string of the molecule is Fc1ccc(Cl)cc1COCC1CNCCO1. The zero-order valence-electron chi connectivity index (χ0n) is 9.42. The third kappa shape index (κ3) is 3.92. The first-order valence-electron chi connectivity index (χ1n) is 5.59. The highest BCUT2D eigenvalue weighted by Gasteiger charge is 2.13. The second kappa shape index (κ2) is 6.31. The summed E-state index contributed by atoms with van der Waals surface area (Å²) in [7, 11) is 0. The van der Waals surface area contributed by atoms with Crippen LogP contribution in [0.25, 0.3) is 0 Å². The van der Waals surface area contributed by atoms with Crippen molar-refractivity contribution in [1.29, 1.82) is 0 Å². The van der Waals surface area contributed by atoms with Crippen LogP contribution in [0.1, 0.15) is 5.56 Å². The lowest BCUT2D eigenvalue weighted by atomic mass is 10.2. The molecule has 0 aromatic heterocycles. The number of halogens is 2. The number of nitrogens with one attached hydrogen (secondary N) is 1. The highest BCUT2D eigenvalue weighted by molar-refractivity contribution is 6.30. The minimum absolute atomic E-state index is 0.0472. The van der Waals surface area contributed by atoms with E-state index in [9.17, 15) is 4.39 Å². The number of rotatable bonds is 4. The van der Waals surface area contributed by atoms with Crippen LogP contribution in [0.5, 0.6) is 0 Å². The number of morpholine rings is 1. The third-order valence-corrected chi connectivity index (χ3v) is 2.81. The molecule has 1 saturated heterocycles. The van der Waals surface area contributed by atoms with Gasteiger partial charge >= 0.3 is 0 Å². The van der Waals surface area contributed by atoms with Gasteiger partial charge in [0.15, 0.2) is 0 Å². The van der Waals surface area contributed by atoms with E-state index in [4.69, 9.17) is 21.1 Å². The lowest BCUT2D eigenvalue weighted by Gasteiger charge is -2.23. The van der Waals surface area contributed by atoms with Crippen molar-refractivity contribution in [2.24, 2.45) is 0 Å². The molecule has 1 aliphatic rings. The lowest BCUT2D eigenvalue weighted by molar-refractivity contribution is -0.0361. The molecule has 0 radical (unpaired) electrons. The van der Waals surface area contributed by atoms with E-state index < -0.39 is 0 Å². The van der Waals surface area contributed by atoms with Crippen LogP contribution < -0.4 is 5.32 Å². The van der Waals surface area contributed by atoms with E-state index in [1.54, 1.807) is 6.07 Å². The van der Waals surface area contributed by atoms with Gasteiger partial charge in [0.1, 0.15) is 5.82 Å². The molecule has 1 atom stereocenters. The monoisotopic (exact) mass is 259 g/mol. The molecule has 0 aliphatic carbocycles. The van der Waals surface area contributed by atoms with Gasteiger partial charge < -0.3 is 14.8 Å². The van der Waals surface area contributed by atoms with E-state index in [1.807, 2.05) is 0 Å². The zero-order chi connectivity index (χ0) is 12.1. The Bertz CT molecular complexity index is 370. The topological polar surface area (TPSA) is 30.5 Å². The second-order valence-electron chi connectivity index (χ2n) is 3.95. The number of benzene rings is 1. The second-order valence-corrected chi connectivity index (χ2v) is 4.38. The quantitative estimate of drug-likeness (QED) is 0.897. The molecule has 0 spiro atoms. The Labute approximate surface area is 105 Å². The first-order valence-corrected chi connectivity index (χ1v) is 5.97. The van der Waals surface area contributed by atoms with Gasteiger partial charge in [-0.2, -0.15) is 0 Å². The first-order chi connectivity index (χ1) is 8.25. The summed E-state index contributed by atoms with van der Waals surface area (Å²) >= 11 is 5.79. The summed E-state index contributed by atoms with van der Waals surface area (Å²) in [5.41, 5.74) is 0.473. The fourth-order valence-electron chi connectivity index (χ4n) is 1.68. The molecular weight excluding hydrogens is 245 g/mol. The average Bonchev–Trinajstić information content (AvgIpc) is 2.35. The van der Waals surface area contributed by atoms with Crippen molar-refractivity contribution in [2.75, 3.05) is 26.3 Å². The smallest absolute Gasteiger partial charge is 0.128 e. The summed E-state index contributed by atoms with van der Waals surface area (Å²) in [6.07, 6.45) is 0.0472. The van der Waals surface area contributed by atoms with Crippen LogP contribution in [0, 0.1) is 5.82 Å². The van der Waals surface area contributed by atoms with Crippen molar-refractivity contribution < 1.29 is 13.9 Å². The normalized spacial score (nSPS) is 20.5. The molecule has 1 fully saturated rings. The fraction of sp³-hybridized carbons (Fsp3) is 0.500. The zero-order valence-corrected chi connectivity index (χ0v) is 10.2. The lowest BCUT2D eigenvalue weighted by Crippen LogP contribution is -2.40. The summed E-state index contributed by atoms with van der Waals surface area (Å²) in [4.78, 5) is 0. The van der Waals surface area contributed by atoms with Crippen molar-refractivity contribution in [3.05, 3.63) is 34.6 Å². The standard InChI is InChI=1S/C12H15ClFNO2/c13-10-1-2-12(14)9(5-10)7-16-8-11-6-15-3-4-17-11/h1-2,5,11,15H,3-4,6-8H2. The maximum atomic E-state index is 13.4. The number of ether oxygens (including phenoxy) is 2. The molecule has 1 heterocycles. The minimum atomic E-state index is -0.294. The summed E-state index contributed by atoms with van der Waals surface area (Å²) in [5.74, 6) is -0.294. The Balaban J connectivity index is 1.79. The predicted octanol–water partition coefficient (Wildman–Crippen LogP) is 1.98. The van der Waals surface area contributed by atoms with Gasteiger partial charge in [-0.05, 0) is 18.2 Å². The van der Waals surface area contributed by atoms with Crippen molar-refractivity contribution in [3.63, 3.8) is 0 Å². The number of hydrogen-bond acceptors (Lipinski definition) is 3. The van der Waals surface area contributed by atoms with Crippen LogP contribution in [0.3, 0.4) is 0 Å². The minimum Gasteiger partial charge on any atom is -0.374 e. The van der Waals surface area contributed by atoms with E-state index in [0.717, 1.165) is 13.1 Å². The molecule has 1 aliphatic heterocycles. The van der Waals surface area contributed by atoms with Gasteiger partial charge in [0, 0.05) is 23.7 Å². The maximum Gasteiger partial charge on any atom is 0.128 e. The predicted molar refractivity (Wildman–Crippen MR) is 63.7 cm³/mol. The van der Waals surface area contributed by atoms with E-state index >= 15 is 0 Å². The van der Waals surface area contributed by atoms with Crippen molar-refractivity contribution in [2.45, 2.75) is 12.7 Å². The van der Waals surface area contributed by atoms with E-state index in [2.05, 4.69) is 5.32 Å². The average molecular weight is 260 g/mol. The molecule has 1 aromatic carbocycles. The van der Waals surface area contributed by atoms with Crippen LogP contribution in [-0.2, 0) is 16.1 Å². The molecule has 0 amide bonds. The maximum absolute atomic E-state index is 13.4. The molecule has 1 unspecified atom stereocenters. The van der Waals surface area contributed by atoms with Gasteiger partial charge in [-0.15, -0.1) is 0 Å². The Hall–Kier alpha value is -0.680. The van der Waals surface area contributed by atoms with Gasteiger partial charge in [-0.3, -0.25) is 0 Å². The molecular formula is C12H15ClFNO2. The Kier molecular flexibility index (Phi) is 4.74. The Morgan fingerprint density at radius 1 is 1.53 bits per heavy atom. The van der Waals surface area contributed by atoms with Crippen LogP contribution in [-0.4, -0.2) is 32.4 Å². The van der Waals surface area contributed by atoms with Gasteiger partial charge in [-0.1, -0.05) is 11.6 Å². The van der Waals surface area contributed by atoms with E-state index in [0.29, 0.717) is 23.8 Å². The molecule has 5 heteroatoms. The molecule has 0 saturated carbocycles. The fourth-order valence-corrected chi connectivity index (χ4v) is 1.88. The molecule has 94 valence electrons. The summed E-state index contributed by atoms with van der Waals surface area (Å²) in [5, 5.41) is 3.72. The largest absolute Gasteiger partial charge is 0.374 e. The van der Waals surface area contributed by atoms with Crippen LogP contribution in [0.15, 0.2) is 18.2 Å². The van der Waals surface area contributed by atoms with Crippen molar-refractivity contribution in [1.82, 2.24) is 5.32 Å². The van der Waals surface area contributed by atoms with E-state index in [1.165, 1.54) is 12.1 Å². The summed E-state index contributed by atoms with van der Waals surface area (Å²) < 4.78 is 24.2. The molecule has 1 aromatic rings. The van der Waals surface area contributed by atoms with E-state index in [-0.39, 0.29) is 18.5 Å². The van der Waals surface area contributed by atoms with Gasteiger partial charge in [0.05, 0.1) is 25.9 Å². The van der Waals surface area contributed by atoms with Crippen LogP contribution >= 0.6 is 11.6 Å². The van der Waals surface area contributed by atoms with Gasteiger partial charge in [-0.25, -0.2) is 4.39 Å². The highest BCUT2D eigenvalue weighted by Crippen LogP contribution is 2.15.